The minimum atomic E-state index is -1.22. The third kappa shape index (κ3) is 17.5. The Labute approximate surface area is 411 Å². The summed E-state index contributed by atoms with van der Waals surface area (Å²) < 4.78 is 36.0. The zero-order valence-electron chi connectivity index (χ0n) is 38.6. The topological polar surface area (TPSA) is 158 Å². The normalized spacial score (nSPS) is 14.3. The first kappa shape index (κ1) is 54.5. The molecule has 0 amide bonds. The van der Waals surface area contributed by atoms with Gasteiger partial charge in [-0.25, -0.2) is 19.2 Å². The minimum Gasteiger partial charge on any atom is -0.465 e. The Kier molecular flexibility index (Phi) is 20.1. The zero-order valence-corrected chi connectivity index (χ0v) is 41.7. The fourth-order valence-corrected chi connectivity index (χ4v) is 6.80. The van der Waals surface area contributed by atoms with Gasteiger partial charge in [0.2, 0.25) is 0 Å². The van der Waals surface area contributed by atoms with Crippen LogP contribution in [-0.2, 0) is 38.0 Å². The van der Waals surface area contributed by atoms with Crippen LogP contribution < -0.4 is 0 Å². The van der Waals surface area contributed by atoms with Gasteiger partial charge < -0.3 is 28.4 Å². The second-order valence-corrected chi connectivity index (χ2v) is 20.0. The standard InChI is InChI=1S/C51H56Cl4O12/c1-30(29-63-49(61)51(6,7)8)41(65-45(57)33-11-19-37(53)20-12-33)28-43(67-47(59)35-15-23-39(55)24-16-35)31(2)42(66-46(58)34-13-21-38(54)22-14-34)27-40(25-26-62-48(60)50(3,4)5)64-44(56)32-9-17-36(52)18-10-32/h9-24,30-31,40-43H,25-29H2,1-8H3/t30-,31+,40+,41-,42-,43-/m1/s1. The van der Waals surface area contributed by atoms with E-state index >= 15 is 0 Å². The highest BCUT2D eigenvalue weighted by molar-refractivity contribution is 6.31. The van der Waals surface area contributed by atoms with Gasteiger partial charge in [-0.3, -0.25) is 9.59 Å². The van der Waals surface area contributed by atoms with Crippen LogP contribution in [0.3, 0.4) is 0 Å². The Morgan fingerprint density at radius 3 is 1.12 bits per heavy atom. The summed E-state index contributed by atoms with van der Waals surface area (Å²) in [6, 6.07) is 24.0. The van der Waals surface area contributed by atoms with Crippen LogP contribution in [0.1, 0.15) is 116 Å². The van der Waals surface area contributed by atoms with Crippen molar-refractivity contribution in [3.05, 3.63) is 139 Å². The fourth-order valence-electron chi connectivity index (χ4n) is 6.30. The maximum absolute atomic E-state index is 14.1. The third-order valence-electron chi connectivity index (χ3n) is 10.5. The monoisotopic (exact) mass is 1000 g/mol. The lowest BCUT2D eigenvalue weighted by molar-refractivity contribution is -0.155. The molecule has 0 aromatic heterocycles. The van der Waals surface area contributed by atoms with E-state index in [1.54, 1.807) is 55.4 Å². The molecular weight excluding hydrogens is 946 g/mol. The van der Waals surface area contributed by atoms with Gasteiger partial charge in [0.25, 0.3) is 0 Å². The molecule has 0 fully saturated rings. The molecule has 67 heavy (non-hydrogen) atoms. The molecule has 4 aromatic rings. The maximum Gasteiger partial charge on any atom is 0.338 e. The Morgan fingerprint density at radius 1 is 0.448 bits per heavy atom. The van der Waals surface area contributed by atoms with E-state index in [0.717, 1.165) is 0 Å². The van der Waals surface area contributed by atoms with E-state index in [9.17, 15) is 28.8 Å². The molecule has 0 aliphatic heterocycles. The predicted octanol–water partition coefficient (Wildman–Crippen LogP) is 12.1. The van der Waals surface area contributed by atoms with Crippen LogP contribution in [0, 0.1) is 22.7 Å². The van der Waals surface area contributed by atoms with Gasteiger partial charge in [-0.1, -0.05) is 60.3 Å². The third-order valence-corrected chi connectivity index (χ3v) is 11.5. The summed E-state index contributed by atoms with van der Waals surface area (Å²) in [4.78, 5) is 81.3. The van der Waals surface area contributed by atoms with Gasteiger partial charge in [0.1, 0.15) is 24.4 Å². The Morgan fingerprint density at radius 2 is 0.761 bits per heavy atom. The average Bonchev–Trinajstić information content (AvgIpc) is 3.27. The van der Waals surface area contributed by atoms with Gasteiger partial charge in [0.05, 0.1) is 46.3 Å². The summed E-state index contributed by atoms with van der Waals surface area (Å²) >= 11 is 24.5. The van der Waals surface area contributed by atoms with E-state index in [4.69, 9.17) is 74.8 Å². The van der Waals surface area contributed by atoms with Gasteiger partial charge in [-0.05, 0) is 139 Å². The van der Waals surface area contributed by atoms with Gasteiger partial charge in [-0.2, -0.15) is 0 Å². The van der Waals surface area contributed by atoms with Crippen molar-refractivity contribution in [2.24, 2.45) is 22.7 Å². The quantitative estimate of drug-likeness (QED) is 0.0610. The number of ether oxygens (including phenoxy) is 6. The molecule has 6 atom stereocenters. The fraction of sp³-hybridized carbons (Fsp3) is 0.412. The van der Waals surface area contributed by atoms with E-state index in [1.165, 1.54) is 97.1 Å². The summed E-state index contributed by atoms with van der Waals surface area (Å²) in [5, 5.41) is 1.53. The molecule has 0 N–H and O–H groups in total. The largest absolute Gasteiger partial charge is 0.465 e. The summed E-state index contributed by atoms with van der Waals surface area (Å²) in [6.07, 6.45) is -5.03. The molecular formula is C51H56Cl4O12. The molecule has 0 aliphatic carbocycles. The molecule has 16 heteroatoms. The Bertz CT molecular complexity index is 2300. The molecule has 4 aromatic carbocycles. The summed E-state index contributed by atoms with van der Waals surface area (Å²) in [7, 11) is 0. The molecule has 0 saturated heterocycles. The molecule has 0 bridgehead atoms. The SMILES string of the molecule is C[C@@H]([C@@H](C[C@H](CCOC(=O)C(C)(C)C)OC(=O)c1ccc(Cl)cc1)OC(=O)c1ccc(Cl)cc1)[C@@H](C[C@@H](OC(=O)c1ccc(Cl)cc1)[C@H](C)COC(=O)C(C)(C)C)OC(=O)c1ccc(Cl)cc1. The van der Waals surface area contributed by atoms with Gasteiger partial charge in [0, 0.05) is 51.2 Å². The Balaban J connectivity index is 1.81. The van der Waals surface area contributed by atoms with Crippen molar-refractivity contribution in [2.45, 2.75) is 99.1 Å². The van der Waals surface area contributed by atoms with E-state index < -0.39 is 82.9 Å². The van der Waals surface area contributed by atoms with Gasteiger partial charge >= 0.3 is 35.8 Å². The summed E-state index contributed by atoms with van der Waals surface area (Å²) in [5.41, 5.74) is -1.08. The molecule has 0 saturated carbocycles. The van der Waals surface area contributed by atoms with Crippen molar-refractivity contribution in [3.8, 4) is 0 Å². The van der Waals surface area contributed by atoms with Crippen molar-refractivity contribution in [1.82, 2.24) is 0 Å². The number of rotatable bonds is 20. The van der Waals surface area contributed by atoms with Crippen LogP contribution in [0.5, 0.6) is 0 Å². The lowest BCUT2D eigenvalue weighted by Crippen LogP contribution is -2.43. The molecule has 0 aliphatic rings. The van der Waals surface area contributed by atoms with Gasteiger partial charge in [0.15, 0.2) is 0 Å². The van der Waals surface area contributed by atoms with Crippen molar-refractivity contribution < 1.29 is 57.2 Å². The molecule has 0 heterocycles. The van der Waals surface area contributed by atoms with Crippen molar-refractivity contribution in [2.75, 3.05) is 13.2 Å². The first-order chi connectivity index (χ1) is 31.4. The van der Waals surface area contributed by atoms with E-state index in [-0.39, 0.29) is 54.7 Å². The lowest BCUT2D eigenvalue weighted by Gasteiger charge is -2.35. The molecule has 4 rings (SSSR count). The zero-order chi connectivity index (χ0) is 49.6. The lowest BCUT2D eigenvalue weighted by atomic mass is 9.87. The molecule has 0 unspecified atom stereocenters. The van der Waals surface area contributed by atoms with Gasteiger partial charge in [-0.15, -0.1) is 0 Å². The number of benzene rings is 4. The number of hydrogen-bond acceptors (Lipinski definition) is 12. The molecule has 360 valence electrons. The Hall–Kier alpha value is -5.14. The van der Waals surface area contributed by atoms with Crippen LogP contribution in [0.25, 0.3) is 0 Å². The smallest absolute Gasteiger partial charge is 0.338 e. The summed E-state index contributed by atoms with van der Waals surface area (Å²) in [6.45, 7) is 13.2. The van der Waals surface area contributed by atoms with E-state index in [2.05, 4.69) is 0 Å². The highest BCUT2D eigenvalue weighted by Gasteiger charge is 2.39. The number of halogens is 4. The minimum absolute atomic E-state index is 0.0321. The van der Waals surface area contributed by atoms with E-state index in [1.807, 2.05) is 0 Å². The van der Waals surface area contributed by atoms with Crippen molar-refractivity contribution in [3.63, 3.8) is 0 Å². The van der Waals surface area contributed by atoms with E-state index in [0.29, 0.717) is 20.1 Å². The molecule has 0 spiro atoms. The second kappa shape index (κ2) is 24.8. The van der Waals surface area contributed by atoms with Crippen LogP contribution in [0.15, 0.2) is 97.1 Å². The highest BCUT2D eigenvalue weighted by Crippen LogP contribution is 2.31. The van der Waals surface area contributed by atoms with Crippen LogP contribution in [-0.4, -0.2) is 73.4 Å². The van der Waals surface area contributed by atoms with Crippen molar-refractivity contribution >= 4 is 82.2 Å². The maximum atomic E-state index is 14.1. The molecule has 0 radical (unpaired) electrons. The van der Waals surface area contributed by atoms with Crippen LogP contribution in [0.2, 0.25) is 20.1 Å². The van der Waals surface area contributed by atoms with Crippen LogP contribution >= 0.6 is 46.4 Å². The first-order valence-corrected chi connectivity index (χ1v) is 23.1. The number of esters is 6. The number of carbonyl (C=O) groups excluding carboxylic acids is 6. The highest BCUT2D eigenvalue weighted by atomic mass is 35.5. The average molecular weight is 1000 g/mol. The number of carbonyl (C=O) groups is 6. The number of hydrogen-bond donors (Lipinski definition) is 0. The summed E-state index contributed by atoms with van der Waals surface area (Å²) in [5.74, 6) is -5.69. The van der Waals surface area contributed by atoms with Crippen molar-refractivity contribution in [1.29, 1.82) is 0 Å². The molecule has 12 nitrogen and oxygen atoms in total. The predicted molar refractivity (Wildman–Crippen MR) is 256 cm³/mol. The second-order valence-electron chi connectivity index (χ2n) is 18.2. The first-order valence-electron chi connectivity index (χ1n) is 21.6. The van der Waals surface area contributed by atoms with Crippen LogP contribution in [0.4, 0.5) is 0 Å².